The number of thiazole rings is 1. The van der Waals surface area contributed by atoms with Crippen LogP contribution in [-0.4, -0.2) is 40.2 Å². The molecule has 3 aromatic heterocycles. The normalized spacial score (nSPS) is 11.4. The van der Waals surface area contributed by atoms with E-state index in [2.05, 4.69) is 44.4 Å². The number of imidazole rings is 1. The van der Waals surface area contributed by atoms with E-state index in [0.29, 0.717) is 6.61 Å². The van der Waals surface area contributed by atoms with Crippen molar-refractivity contribution >= 4 is 22.7 Å². The number of aromatic nitrogens is 3. The fourth-order valence-corrected chi connectivity index (χ4v) is 4.00. The Labute approximate surface area is 144 Å². The van der Waals surface area contributed by atoms with Gasteiger partial charge in [0.1, 0.15) is 5.01 Å². The van der Waals surface area contributed by atoms with Gasteiger partial charge in [-0.3, -0.25) is 4.90 Å². The summed E-state index contributed by atoms with van der Waals surface area (Å²) < 4.78 is 7.28. The number of methoxy groups -OCH3 is 1. The van der Waals surface area contributed by atoms with E-state index in [1.807, 2.05) is 12.5 Å². The van der Waals surface area contributed by atoms with Gasteiger partial charge in [0.05, 0.1) is 29.2 Å². The third-order valence-electron chi connectivity index (χ3n) is 3.48. The lowest BCUT2D eigenvalue weighted by molar-refractivity contribution is 0.185. The highest BCUT2D eigenvalue weighted by molar-refractivity contribution is 7.20. The van der Waals surface area contributed by atoms with Crippen molar-refractivity contribution in [2.75, 3.05) is 20.8 Å². The van der Waals surface area contributed by atoms with Gasteiger partial charge >= 0.3 is 0 Å². The van der Waals surface area contributed by atoms with Gasteiger partial charge in [-0.05, 0) is 18.5 Å². The molecule has 0 atom stereocenters. The topological polar surface area (TPSA) is 43.2 Å². The molecule has 0 unspecified atom stereocenters. The molecule has 122 valence electrons. The largest absolute Gasteiger partial charge is 0.383 e. The van der Waals surface area contributed by atoms with E-state index >= 15 is 0 Å². The number of hydrogen-bond acceptors (Lipinski definition) is 6. The van der Waals surface area contributed by atoms with Crippen molar-refractivity contribution in [2.45, 2.75) is 19.6 Å². The van der Waals surface area contributed by atoms with Gasteiger partial charge in [-0.25, -0.2) is 9.97 Å². The number of ether oxygens (including phenoxy) is 1. The average Bonchev–Trinajstić information content (AvgIpc) is 3.26. The zero-order chi connectivity index (χ0) is 16.1. The van der Waals surface area contributed by atoms with Crippen LogP contribution < -0.4 is 0 Å². The minimum atomic E-state index is 0.698. The van der Waals surface area contributed by atoms with Crippen LogP contribution in [0.2, 0.25) is 0 Å². The van der Waals surface area contributed by atoms with Crippen molar-refractivity contribution in [2.24, 2.45) is 0 Å². The highest BCUT2D eigenvalue weighted by Crippen LogP contribution is 2.28. The SMILES string of the molecule is COCCn1cncc1CN(C)Cc1csc(-c2cccs2)n1. The molecule has 3 heterocycles. The Bertz CT molecular complexity index is 720. The monoisotopic (exact) mass is 348 g/mol. The Morgan fingerprint density at radius 3 is 3.00 bits per heavy atom. The maximum absolute atomic E-state index is 5.14. The fraction of sp³-hybridized carbons (Fsp3) is 0.375. The van der Waals surface area contributed by atoms with E-state index in [-0.39, 0.29) is 0 Å². The molecule has 5 nitrogen and oxygen atoms in total. The maximum atomic E-state index is 5.14. The van der Waals surface area contributed by atoms with Gasteiger partial charge in [0.2, 0.25) is 0 Å². The molecule has 7 heteroatoms. The molecule has 0 saturated carbocycles. The predicted octanol–water partition coefficient (Wildman–Crippen LogP) is 3.35. The van der Waals surface area contributed by atoms with Gasteiger partial charge in [-0.15, -0.1) is 22.7 Å². The second-order valence-corrected chi connectivity index (χ2v) is 7.17. The summed E-state index contributed by atoms with van der Waals surface area (Å²) in [4.78, 5) is 12.5. The third kappa shape index (κ3) is 4.26. The summed E-state index contributed by atoms with van der Waals surface area (Å²) in [6.45, 7) is 3.20. The Kier molecular flexibility index (Phi) is 5.56. The number of hydrogen-bond donors (Lipinski definition) is 0. The van der Waals surface area contributed by atoms with Crippen LogP contribution in [0.5, 0.6) is 0 Å². The molecule has 23 heavy (non-hydrogen) atoms. The maximum Gasteiger partial charge on any atom is 0.133 e. The molecular formula is C16H20N4OS2. The van der Waals surface area contributed by atoms with Crippen LogP contribution in [-0.2, 0) is 24.4 Å². The smallest absolute Gasteiger partial charge is 0.133 e. The lowest BCUT2D eigenvalue weighted by Gasteiger charge is -2.16. The van der Waals surface area contributed by atoms with Gasteiger partial charge in [0.25, 0.3) is 0 Å². The molecule has 0 radical (unpaired) electrons. The minimum absolute atomic E-state index is 0.698. The Hall–Kier alpha value is -1.54. The number of thiophene rings is 1. The Balaban J connectivity index is 1.59. The van der Waals surface area contributed by atoms with E-state index in [1.165, 1.54) is 10.6 Å². The Morgan fingerprint density at radius 2 is 2.22 bits per heavy atom. The molecule has 3 rings (SSSR count). The second kappa shape index (κ2) is 7.83. The van der Waals surface area contributed by atoms with Crippen LogP contribution >= 0.6 is 22.7 Å². The van der Waals surface area contributed by atoms with Crippen molar-refractivity contribution in [3.05, 3.63) is 46.8 Å². The van der Waals surface area contributed by atoms with E-state index in [9.17, 15) is 0 Å². The lowest BCUT2D eigenvalue weighted by Crippen LogP contribution is -2.20. The molecular weight excluding hydrogens is 328 g/mol. The first-order valence-electron chi connectivity index (χ1n) is 7.41. The molecule has 0 amide bonds. The molecule has 0 aliphatic heterocycles. The molecule has 0 aliphatic rings. The molecule has 0 saturated heterocycles. The van der Waals surface area contributed by atoms with Gasteiger partial charge in [0, 0.05) is 38.3 Å². The summed E-state index contributed by atoms with van der Waals surface area (Å²) in [5.41, 5.74) is 2.31. The van der Waals surface area contributed by atoms with Gasteiger partial charge in [0.15, 0.2) is 0 Å². The van der Waals surface area contributed by atoms with E-state index in [4.69, 9.17) is 9.72 Å². The van der Waals surface area contributed by atoms with Crippen LogP contribution in [0.15, 0.2) is 35.4 Å². The first-order valence-corrected chi connectivity index (χ1v) is 9.17. The van der Waals surface area contributed by atoms with Gasteiger partial charge in [-0.2, -0.15) is 0 Å². The first-order chi connectivity index (χ1) is 11.3. The summed E-state index contributed by atoms with van der Waals surface area (Å²) in [7, 11) is 3.83. The molecule has 0 aromatic carbocycles. The molecule has 0 aliphatic carbocycles. The Morgan fingerprint density at radius 1 is 1.30 bits per heavy atom. The molecule has 3 aromatic rings. The molecule has 0 fully saturated rings. The number of nitrogens with zero attached hydrogens (tertiary/aromatic N) is 4. The second-order valence-electron chi connectivity index (χ2n) is 5.36. The zero-order valence-corrected chi connectivity index (χ0v) is 14.9. The molecule has 0 spiro atoms. The summed E-state index contributed by atoms with van der Waals surface area (Å²) in [5, 5.41) is 5.34. The van der Waals surface area contributed by atoms with Crippen molar-refractivity contribution in [3.8, 4) is 9.88 Å². The minimum Gasteiger partial charge on any atom is -0.383 e. The van der Waals surface area contributed by atoms with Crippen LogP contribution in [0.4, 0.5) is 0 Å². The zero-order valence-electron chi connectivity index (χ0n) is 13.3. The van der Waals surface area contributed by atoms with Crippen molar-refractivity contribution in [1.82, 2.24) is 19.4 Å². The van der Waals surface area contributed by atoms with Crippen LogP contribution in [0, 0.1) is 0 Å². The van der Waals surface area contributed by atoms with Crippen LogP contribution in [0.3, 0.4) is 0 Å². The van der Waals surface area contributed by atoms with E-state index < -0.39 is 0 Å². The van der Waals surface area contributed by atoms with Crippen LogP contribution in [0.25, 0.3) is 9.88 Å². The first kappa shape index (κ1) is 16.3. The lowest BCUT2D eigenvalue weighted by atomic mass is 10.3. The quantitative estimate of drug-likeness (QED) is 0.626. The molecule has 0 N–H and O–H groups in total. The summed E-state index contributed by atoms with van der Waals surface area (Å²) in [6, 6.07) is 4.18. The standard InChI is InChI=1S/C16H20N4OS2/c1-19(10-14-8-17-12-20(14)5-6-21-2)9-13-11-23-16(18-13)15-4-3-7-22-15/h3-4,7-8,11-12H,5-6,9-10H2,1-2H3. The fourth-order valence-electron chi connectivity index (χ4n) is 2.37. The average molecular weight is 348 g/mol. The van der Waals surface area contributed by atoms with Crippen LogP contribution in [0.1, 0.15) is 11.4 Å². The van der Waals surface area contributed by atoms with Crippen molar-refractivity contribution in [3.63, 3.8) is 0 Å². The third-order valence-corrected chi connectivity index (χ3v) is 5.41. The predicted molar refractivity (Wildman–Crippen MR) is 94.7 cm³/mol. The van der Waals surface area contributed by atoms with Crippen molar-refractivity contribution < 1.29 is 4.74 Å². The summed E-state index contributed by atoms with van der Waals surface area (Å²) >= 11 is 3.44. The number of rotatable bonds is 8. The van der Waals surface area contributed by atoms with Gasteiger partial charge in [-0.1, -0.05) is 6.07 Å². The summed E-state index contributed by atoms with van der Waals surface area (Å²) in [5.74, 6) is 0. The summed E-state index contributed by atoms with van der Waals surface area (Å²) in [6.07, 6.45) is 3.78. The molecule has 0 bridgehead atoms. The van der Waals surface area contributed by atoms with Gasteiger partial charge < -0.3 is 9.30 Å². The highest BCUT2D eigenvalue weighted by atomic mass is 32.1. The highest BCUT2D eigenvalue weighted by Gasteiger charge is 2.10. The van der Waals surface area contributed by atoms with E-state index in [0.717, 1.165) is 30.3 Å². The van der Waals surface area contributed by atoms with Crippen molar-refractivity contribution in [1.29, 1.82) is 0 Å². The van der Waals surface area contributed by atoms with E-state index in [1.54, 1.807) is 29.8 Å².